The highest BCUT2D eigenvalue weighted by atomic mass is 32.2. The van der Waals surface area contributed by atoms with Crippen molar-refractivity contribution in [1.82, 2.24) is 0 Å². The van der Waals surface area contributed by atoms with E-state index in [1.807, 2.05) is 63.2 Å². The van der Waals surface area contributed by atoms with E-state index in [4.69, 9.17) is 0 Å². The molecule has 0 aliphatic carbocycles. The van der Waals surface area contributed by atoms with E-state index in [0.717, 1.165) is 28.8 Å². The molecule has 0 bridgehead atoms. The van der Waals surface area contributed by atoms with Crippen LogP contribution in [0.3, 0.4) is 0 Å². The van der Waals surface area contributed by atoms with Crippen LogP contribution in [0.1, 0.15) is 36.5 Å². The first-order chi connectivity index (χ1) is 12.7. The number of nitrogens with one attached hydrogen (secondary N) is 1. The van der Waals surface area contributed by atoms with Gasteiger partial charge in [0, 0.05) is 18.7 Å². The molecule has 0 saturated carbocycles. The molecule has 0 spiro atoms. The molecular formula is C21H28N2O3S. The number of rotatable bonds is 8. The smallest absolute Gasteiger partial charge is 0.232 e. The van der Waals surface area contributed by atoms with Crippen LogP contribution in [-0.2, 0) is 21.2 Å². The van der Waals surface area contributed by atoms with Gasteiger partial charge in [0.15, 0.2) is 0 Å². The minimum Gasteiger partial charge on any atom is -0.326 e. The van der Waals surface area contributed by atoms with E-state index in [-0.39, 0.29) is 18.9 Å². The second kappa shape index (κ2) is 9.04. The molecule has 2 aromatic carbocycles. The van der Waals surface area contributed by atoms with Gasteiger partial charge in [0.25, 0.3) is 0 Å². The Kier molecular flexibility index (Phi) is 7.02. The largest absolute Gasteiger partial charge is 0.326 e. The summed E-state index contributed by atoms with van der Waals surface area (Å²) in [5, 5.41) is 2.93. The molecule has 0 unspecified atom stereocenters. The highest BCUT2D eigenvalue weighted by Gasteiger charge is 2.19. The topological polar surface area (TPSA) is 66.5 Å². The van der Waals surface area contributed by atoms with Crippen LogP contribution in [0.5, 0.6) is 0 Å². The monoisotopic (exact) mass is 388 g/mol. The minimum atomic E-state index is -3.42. The van der Waals surface area contributed by atoms with Crippen LogP contribution in [0, 0.1) is 13.8 Å². The van der Waals surface area contributed by atoms with Gasteiger partial charge < -0.3 is 5.32 Å². The molecule has 0 aliphatic rings. The lowest BCUT2D eigenvalue weighted by Gasteiger charge is -2.24. The SMILES string of the molecule is CCc1ccccc1NC(=O)CCCN(c1cc(C)ccc1C)S(C)(=O)=O. The van der Waals surface area contributed by atoms with E-state index in [1.54, 1.807) is 0 Å². The number of hydrogen-bond acceptors (Lipinski definition) is 3. The maximum atomic E-state index is 12.3. The molecule has 1 amide bonds. The van der Waals surface area contributed by atoms with Crippen LogP contribution in [-0.4, -0.2) is 27.1 Å². The van der Waals surface area contributed by atoms with Gasteiger partial charge in [-0.1, -0.05) is 37.3 Å². The van der Waals surface area contributed by atoms with E-state index in [9.17, 15) is 13.2 Å². The fraction of sp³-hybridized carbons (Fsp3) is 0.381. The van der Waals surface area contributed by atoms with Crippen molar-refractivity contribution >= 4 is 27.3 Å². The van der Waals surface area contributed by atoms with Crippen molar-refractivity contribution < 1.29 is 13.2 Å². The fourth-order valence-electron chi connectivity index (χ4n) is 3.00. The Morgan fingerprint density at radius 1 is 1.11 bits per heavy atom. The zero-order valence-corrected chi connectivity index (χ0v) is 17.3. The molecule has 0 aromatic heterocycles. The number of anilines is 2. The third kappa shape index (κ3) is 5.82. The normalized spacial score (nSPS) is 11.3. The summed E-state index contributed by atoms with van der Waals surface area (Å²) in [5.41, 5.74) is 4.47. The Bertz CT molecular complexity index is 907. The number of hydrogen-bond donors (Lipinski definition) is 1. The van der Waals surface area contributed by atoms with Crippen molar-refractivity contribution in [1.29, 1.82) is 0 Å². The molecule has 2 aromatic rings. The molecule has 0 radical (unpaired) electrons. The van der Waals surface area contributed by atoms with Gasteiger partial charge in [-0.05, 0) is 55.5 Å². The molecule has 0 fully saturated rings. The van der Waals surface area contributed by atoms with Gasteiger partial charge in [0.05, 0.1) is 11.9 Å². The predicted molar refractivity (Wildman–Crippen MR) is 112 cm³/mol. The average molecular weight is 389 g/mol. The van der Waals surface area contributed by atoms with Gasteiger partial charge in [0.2, 0.25) is 15.9 Å². The Morgan fingerprint density at radius 3 is 2.48 bits per heavy atom. The third-order valence-corrected chi connectivity index (χ3v) is 5.65. The van der Waals surface area contributed by atoms with Crippen molar-refractivity contribution in [2.24, 2.45) is 0 Å². The van der Waals surface area contributed by atoms with Crippen LogP contribution >= 0.6 is 0 Å². The zero-order valence-electron chi connectivity index (χ0n) is 16.5. The molecule has 0 atom stereocenters. The number of para-hydroxylation sites is 1. The predicted octanol–water partition coefficient (Wildman–Crippen LogP) is 4.05. The van der Waals surface area contributed by atoms with E-state index < -0.39 is 10.0 Å². The highest BCUT2D eigenvalue weighted by Crippen LogP contribution is 2.24. The third-order valence-electron chi connectivity index (χ3n) is 4.47. The van der Waals surface area contributed by atoms with Crippen LogP contribution in [0.15, 0.2) is 42.5 Å². The number of carbonyl (C=O) groups is 1. The fourth-order valence-corrected chi connectivity index (χ4v) is 4.01. The Balaban J connectivity index is 2.04. The van der Waals surface area contributed by atoms with Crippen molar-refractivity contribution in [2.75, 3.05) is 22.4 Å². The van der Waals surface area contributed by atoms with E-state index >= 15 is 0 Å². The number of sulfonamides is 1. The summed E-state index contributed by atoms with van der Waals surface area (Å²) in [7, 11) is -3.42. The summed E-state index contributed by atoms with van der Waals surface area (Å²) >= 11 is 0. The average Bonchev–Trinajstić information content (AvgIpc) is 2.60. The standard InChI is InChI=1S/C21H28N2O3S/c1-5-18-9-6-7-10-19(18)22-21(24)11-8-14-23(27(4,25)26)20-15-16(2)12-13-17(20)3/h6-7,9-10,12-13,15H,5,8,11,14H2,1-4H3,(H,22,24). The van der Waals surface area contributed by atoms with Crippen molar-refractivity contribution in [3.8, 4) is 0 Å². The summed E-state index contributed by atoms with van der Waals surface area (Å²) in [6, 6.07) is 13.4. The molecule has 1 N–H and O–H groups in total. The molecule has 27 heavy (non-hydrogen) atoms. The lowest BCUT2D eigenvalue weighted by molar-refractivity contribution is -0.116. The Labute approximate surface area is 162 Å². The van der Waals surface area contributed by atoms with Gasteiger partial charge in [-0.3, -0.25) is 9.10 Å². The van der Waals surface area contributed by atoms with E-state index in [2.05, 4.69) is 5.32 Å². The van der Waals surface area contributed by atoms with Crippen LogP contribution in [0.25, 0.3) is 0 Å². The second-order valence-electron chi connectivity index (χ2n) is 6.79. The van der Waals surface area contributed by atoms with Crippen molar-refractivity contribution in [3.05, 3.63) is 59.2 Å². The molecule has 6 heteroatoms. The Hall–Kier alpha value is -2.34. The summed E-state index contributed by atoms with van der Waals surface area (Å²) in [6.45, 7) is 6.13. The Morgan fingerprint density at radius 2 is 1.81 bits per heavy atom. The molecule has 0 saturated heterocycles. The number of aryl methyl sites for hydroxylation is 3. The van der Waals surface area contributed by atoms with E-state index in [0.29, 0.717) is 12.1 Å². The molecule has 146 valence electrons. The lowest BCUT2D eigenvalue weighted by Crippen LogP contribution is -2.32. The second-order valence-corrected chi connectivity index (χ2v) is 8.69. The maximum absolute atomic E-state index is 12.3. The summed E-state index contributed by atoms with van der Waals surface area (Å²) in [5.74, 6) is -0.106. The molecule has 2 rings (SSSR count). The molecule has 0 heterocycles. The first kappa shape index (κ1) is 21.0. The van der Waals surface area contributed by atoms with Crippen molar-refractivity contribution in [3.63, 3.8) is 0 Å². The number of amides is 1. The van der Waals surface area contributed by atoms with Crippen LogP contribution in [0.2, 0.25) is 0 Å². The van der Waals surface area contributed by atoms with Crippen LogP contribution in [0.4, 0.5) is 11.4 Å². The summed E-state index contributed by atoms with van der Waals surface area (Å²) < 4.78 is 25.9. The van der Waals surface area contributed by atoms with Crippen molar-refractivity contribution in [2.45, 2.75) is 40.0 Å². The van der Waals surface area contributed by atoms with Gasteiger partial charge in [-0.15, -0.1) is 0 Å². The number of carbonyl (C=O) groups excluding carboxylic acids is 1. The lowest BCUT2D eigenvalue weighted by atomic mass is 10.1. The number of benzene rings is 2. The van der Waals surface area contributed by atoms with Gasteiger partial charge in [0.1, 0.15) is 0 Å². The first-order valence-electron chi connectivity index (χ1n) is 9.15. The summed E-state index contributed by atoms with van der Waals surface area (Å²) in [6.07, 6.45) is 2.74. The highest BCUT2D eigenvalue weighted by molar-refractivity contribution is 7.92. The van der Waals surface area contributed by atoms with Gasteiger partial charge >= 0.3 is 0 Å². The maximum Gasteiger partial charge on any atom is 0.232 e. The minimum absolute atomic E-state index is 0.106. The van der Waals surface area contributed by atoms with E-state index in [1.165, 1.54) is 10.6 Å². The van der Waals surface area contributed by atoms with Gasteiger partial charge in [-0.25, -0.2) is 8.42 Å². The summed E-state index contributed by atoms with van der Waals surface area (Å²) in [4.78, 5) is 12.3. The number of nitrogens with zero attached hydrogens (tertiary/aromatic N) is 1. The zero-order chi connectivity index (χ0) is 20.0. The van der Waals surface area contributed by atoms with Gasteiger partial charge in [-0.2, -0.15) is 0 Å². The first-order valence-corrected chi connectivity index (χ1v) is 11.0. The quantitative estimate of drug-likeness (QED) is 0.742. The van der Waals surface area contributed by atoms with Crippen LogP contribution < -0.4 is 9.62 Å². The molecular weight excluding hydrogens is 360 g/mol. The molecule has 5 nitrogen and oxygen atoms in total. The molecule has 0 aliphatic heterocycles.